The van der Waals surface area contributed by atoms with E-state index < -0.39 is 0 Å². The second-order valence-electron chi connectivity index (χ2n) is 3.84. The average Bonchev–Trinajstić information content (AvgIpc) is 2.29. The highest BCUT2D eigenvalue weighted by molar-refractivity contribution is 6.31. The predicted molar refractivity (Wildman–Crippen MR) is 71.3 cm³/mol. The Morgan fingerprint density at radius 3 is 2.76 bits per heavy atom. The van der Waals surface area contributed by atoms with Crippen LogP contribution in [0, 0.1) is 0 Å². The fraction of sp³-hybridized carbons (Fsp3) is 0.154. The maximum absolute atomic E-state index is 6.12. The number of hydrogen-bond acceptors (Lipinski definition) is 2. The lowest BCUT2D eigenvalue weighted by Crippen LogP contribution is -2.13. The number of halogens is 2. The maximum atomic E-state index is 6.12. The summed E-state index contributed by atoms with van der Waals surface area (Å²) in [6.07, 6.45) is 4.00. The molecule has 0 spiro atoms. The van der Waals surface area contributed by atoms with Crippen molar-refractivity contribution in [1.82, 2.24) is 4.98 Å². The Balaban J connectivity index is 2.17. The van der Waals surface area contributed by atoms with Crippen LogP contribution in [0.4, 0.5) is 0 Å². The van der Waals surface area contributed by atoms with Crippen LogP contribution in [0.5, 0.6) is 0 Å². The Bertz CT molecular complexity index is 514. The molecule has 2 rings (SSSR count). The molecule has 0 aliphatic carbocycles. The molecule has 2 N–H and O–H groups in total. The van der Waals surface area contributed by atoms with E-state index in [0.717, 1.165) is 16.1 Å². The summed E-state index contributed by atoms with van der Waals surface area (Å²) in [6, 6.07) is 9.37. The number of pyridine rings is 1. The molecular formula is C13H12Cl2N2. The molecule has 0 aliphatic rings. The van der Waals surface area contributed by atoms with Gasteiger partial charge in [0.05, 0.1) is 5.02 Å². The SMILES string of the molecule is NC(Cc1cccc(Cl)c1)c1ccncc1Cl. The van der Waals surface area contributed by atoms with E-state index in [0.29, 0.717) is 11.4 Å². The van der Waals surface area contributed by atoms with Gasteiger partial charge in [-0.15, -0.1) is 0 Å². The van der Waals surface area contributed by atoms with E-state index in [1.165, 1.54) is 0 Å². The smallest absolute Gasteiger partial charge is 0.0637 e. The molecular weight excluding hydrogens is 255 g/mol. The van der Waals surface area contributed by atoms with Crippen molar-refractivity contribution in [1.29, 1.82) is 0 Å². The monoisotopic (exact) mass is 266 g/mol. The highest BCUT2D eigenvalue weighted by Crippen LogP contribution is 2.23. The number of nitrogens with zero attached hydrogens (tertiary/aromatic N) is 1. The van der Waals surface area contributed by atoms with Gasteiger partial charge in [0.15, 0.2) is 0 Å². The summed E-state index contributed by atoms with van der Waals surface area (Å²) in [6.45, 7) is 0. The number of aromatic nitrogens is 1. The Morgan fingerprint density at radius 1 is 1.24 bits per heavy atom. The highest BCUT2D eigenvalue weighted by atomic mass is 35.5. The van der Waals surface area contributed by atoms with Crippen molar-refractivity contribution in [3.8, 4) is 0 Å². The minimum Gasteiger partial charge on any atom is -0.324 e. The summed E-state index contributed by atoms with van der Waals surface area (Å²) in [5.74, 6) is 0. The quantitative estimate of drug-likeness (QED) is 0.922. The first-order chi connectivity index (χ1) is 8.16. The lowest BCUT2D eigenvalue weighted by Gasteiger charge is -2.13. The Hall–Kier alpha value is -1.09. The molecule has 1 aromatic heterocycles. The van der Waals surface area contributed by atoms with Gasteiger partial charge in [-0.1, -0.05) is 35.3 Å². The van der Waals surface area contributed by atoms with Crippen molar-refractivity contribution >= 4 is 23.2 Å². The van der Waals surface area contributed by atoms with Crippen LogP contribution in [0.15, 0.2) is 42.7 Å². The first-order valence-corrected chi connectivity index (χ1v) is 6.02. The van der Waals surface area contributed by atoms with Gasteiger partial charge in [-0.25, -0.2) is 0 Å². The maximum Gasteiger partial charge on any atom is 0.0637 e. The van der Waals surface area contributed by atoms with Gasteiger partial charge >= 0.3 is 0 Å². The minimum atomic E-state index is -0.149. The highest BCUT2D eigenvalue weighted by Gasteiger charge is 2.10. The first-order valence-electron chi connectivity index (χ1n) is 5.26. The van der Waals surface area contributed by atoms with Crippen molar-refractivity contribution in [2.75, 3.05) is 0 Å². The lowest BCUT2D eigenvalue weighted by atomic mass is 10.0. The van der Waals surface area contributed by atoms with Crippen LogP contribution in [-0.2, 0) is 6.42 Å². The van der Waals surface area contributed by atoms with Crippen LogP contribution < -0.4 is 5.73 Å². The second-order valence-corrected chi connectivity index (χ2v) is 4.68. The molecule has 2 nitrogen and oxygen atoms in total. The first kappa shape index (κ1) is 12.4. The number of nitrogens with two attached hydrogens (primary N) is 1. The lowest BCUT2D eigenvalue weighted by molar-refractivity contribution is 0.721. The molecule has 0 aliphatic heterocycles. The number of hydrogen-bond donors (Lipinski definition) is 1. The Labute approximate surface area is 110 Å². The minimum absolute atomic E-state index is 0.149. The van der Waals surface area contributed by atoms with E-state index in [1.54, 1.807) is 12.4 Å². The van der Waals surface area contributed by atoms with Crippen LogP contribution in [0.2, 0.25) is 10.0 Å². The molecule has 1 unspecified atom stereocenters. The van der Waals surface area contributed by atoms with E-state index in [2.05, 4.69) is 4.98 Å². The molecule has 1 atom stereocenters. The summed E-state index contributed by atoms with van der Waals surface area (Å²) in [5, 5.41) is 1.32. The van der Waals surface area contributed by atoms with Crippen molar-refractivity contribution < 1.29 is 0 Å². The van der Waals surface area contributed by atoms with Crippen molar-refractivity contribution in [2.24, 2.45) is 5.73 Å². The summed E-state index contributed by atoms with van der Waals surface area (Å²) in [5.41, 5.74) is 8.12. The molecule has 1 heterocycles. The van der Waals surface area contributed by atoms with Gasteiger partial charge in [0.1, 0.15) is 0 Å². The molecule has 4 heteroatoms. The van der Waals surface area contributed by atoms with E-state index in [1.807, 2.05) is 30.3 Å². The predicted octanol–water partition coefficient (Wildman–Crippen LogP) is 3.63. The number of benzene rings is 1. The molecule has 1 aromatic carbocycles. The summed E-state index contributed by atoms with van der Waals surface area (Å²) in [4.78, 5) is 3.94. The van der Waals surface area contributed by atoms with E-state index in [4.69, 9.17) is 28.9 Å². The summed E-state index contributed by atoms with van der Waals surface area (Å²) < 4.78 is 0. The van der Waals surface area contributed by atoms with Gasteiger partial charge in [0, 0.05) is 23.5 Å². The zero-order valence-electron chi connectivity index (χ0n) is 9.11. The fourth-order valence-corrected chi connectivity index (χ4v) is 2.19. The van der Waals surface area contributed by atoms with Crippen LogP contribution in [0.3, 0.4) is 0 Å². The molecule has 0 amide bonds. The van der Waals surface area contributed by atoms with Gasteiger partial charge in [0.25, 0.3) is 0 Å². The van der Waals surface area contributed by atoms with Crippen molar-refractivity contribution in [2.45, 2.75) is 12.5 Å². The molecule has 88 valence electrons. The third-order valence-corrected chi connectivity index (χ3v) is 3.10. The molecule has 0 fully saturated rings. The zero-order chi connectivity index (χ0) is 12.3. The van der Waals surface area contributed by atoms with Gasteiger partial charge in [-0.2, -0.15) is 0 Å². The molecule has 0 radical (unpaired) electrons. The molecule has 2 aromatic rings. The van der Waals surface area contributed by atoms with Crippen LogP contribution in [0.25, 0.3) is 0 Å². The van der Waals surface area contributed by atoms with Crippen molar-refractivity contribution in [3.63, 3.8) is 0 Å². The standard InChI is InChI=1S/C13H12Cl2N2/c14-10-3-1-2-9(6-10)7-13(16)11-4-5-17-8-12(11)15/h1-6,8,13H,7,16H2. The van der Waals surface area contributed by atoms with E-state index in [-0.39, 0.29) is 6.04 Å². The van der Waals surface area contributed by atoms with Gasteiger partial charge < -0.3 is 5.73 Å². The average molecular weight is 267 g/mol. The topological polar surface area (TPSA) is 38.9 Å². The normalized spacial score (nSPS) is 12.4. The van der Waals surface area contributed by atoms with Crippen molar-refractivity contribution in [3.05, 3.63) is 63.9 Å². The number of rotatable bonds is 3. The molecule has 0 bridgehead atoms. The van der Waals surface area contributed by atoms with Gasteiger partial charge in [-0.3, -0.25) is 4.98 Å². The summed E-state index contributed by atoms with van der Waals surface area (Å²) >= 11 is 12.0. The van der Waals surface area contributed by atoms with Gasteiger partial charge in [-0.05, 0) is 35.7 Å². The third kappa shape index (κ3) is 3.19. The molecule has 0 saturated carbocycles. The van der Waals surface area contributed by atoms with Crippen LogP contribution in [0.1, 0.15) is 17.2 Å². The Kier molecular flexibility index (Phi) is 4.00. The fourth-order valence-electron chi connectivity index (χ4n) is 1.71. The Morgan fingerprint density at radius 2 is 2.06 bits per heavy atom. The van der Waals surface area contributed by atoms with E-state index >= 15 is 0 Å². The molecule has 0 saturated heterocycles. The van der Waals surface area contributed by atoms with E-state index in [9.17, 15) is 0 Å². The summed E-state index contributed by atoms with van der Waals surface area (Å²) in [7, 11) is 0. The van der Waals surface area contributed by atoms with Crippen LogP contribution in [-0.4, -0.2) is 4.98 Å². The third-order valence-electron chi connectivity index (χ3n) is 2.55. The van der Waals surface area contributed by atoms with Gasteiger partial charge in [0.2, 0.25) is 0 Å². The molecule has 17 heavy (non-hydrogen) atoms. The second kappa shape index (κ2) is 5.50. The largest absolute Gasteiger partial charge is 0.324 e. The van der Waals surface area contributed by atoms with Crippen LogP contribution >= 0.6 is 23.2 Å². The zero-order valence-corrected chi connectivity index (χ0v) is 10.6.